The van der Waals surface area contributed by atoms with E-state index in [9.17, 15) is 9.59 Å². The number of benzene rings is 1. The van der Waals surface area contributed by atoms with Crippen molar-refractivity contribution in [3.63, 3.8) is 0 Å². The molecular weight excluding hydrogens is 458 g/mol. The fourth-order valence-corrected chi connectivity index (χ4v) is 4.09. The van der Waals surface area contributed by atoms with Gasteiger partial charge in [-0.15, -0.1) is 0 Å². The Morgan fingerprint density at radius 1 is 1.10 bits per heavy atom. The van der Waals surface area contributed by atoms with Crippen molar-refractivity contribution in [1.29, 1.82) is 0 Å². The smallest absolute Gasteiger partial charge is 0.359 e. The number of pyridine rings is 1. The first-order valence-corrected chi connectivity index (χ1v) is 10.0. The highest BCUT2D eigenvalue weighted by Crippen LogP contribution is 2.46. The molecule has 152 valence electrons. The average Bonchev–Trinajstić information content (AvgIpc) is 2.88. The predicted octanol–water partition coefficient (Wildman–Crippen LogP) is 5.73. The van der Waals surface area contributed by atoms with Gasteiger partial charge >= 0.3 is 5.97 Å². The van der Waals surface area contributed by atoms with Crippen molar-refractivity contribution in [2.75, 3.05) is 18.6 Å². The number of nitrogens with zero attached hydrogens (tertiary/aromatic N) is 2. The van der Waals surface area contributed by atoms with Crippen molar-refractivity contribution in [3.8, 4) is 0 Å². The third kappa shape index (κ3) is 3.97. The van der Waals surface area contributed by atoms with Gasteiger partial charge in [0.2, 0.25) is 0 Å². The van der Waals surface area contributed by atoms with E-state index < -0.39 is 12.6 Å². The van der Waals surface area contributed by atoms with E-state index in [0.29, 0.717) is 0 Å². The Hall–Kier alpha value is -1.79. The van der Waals surface area contributed by atoms with Crippen molar-refractivity contribution in [2.45, 2.75) is 19.3 Å². The van der Waals surface area contributed by atoms with E-state index >= 15 is 0 Å². The van der Waals surface area contributed by atoms with Crippen LogP contribution in [-0.4, -0.2) is 30.4 Å². The molecule has 5 nitrogen and oxygen atoms in total. The van der Waals surface area contributed by atoms with Crippen LogP contribution in [0.25, 0.3) is 0 Å². The van der Waals surface area contributed by atoms with Gasteiger partial charge in [0, 0.05) is 29.9 Å². The maximum absolute atomic E-state index is 12.5. The molecule has 0 fully saturated rings. The molecule has 2 aromatic rings. The lowest BCUT2D eigenvalue weighted by Crippen LogP contribution is -2.25. The topological polar surface area (TPSA) is 59.5 Å². The molecule has 0 amide bonds. The van der Waals surface area contributed by atoms with Gasteiger partial charge in [0.15, 0.2) is 18.1 Å². The number of para-hydroxylation sites is 1. The van der Waals surface area contributed by atoms with Gasteiger partial charge < -0.3 is 9.64 Å². The molecule has 0 radical (unpaired) electrons. The molecule has 2 heterocycles. The van der Waals surface area contributed by atoms with Crippen molar-refractivity contribution in [2.24, 2.45) is 0 Å². The molecule has 1 aromatic carbocycles. The molecule has 3 rings (SSSR count). The first kappa shape index (κ1) is 21.9. The molecule has 1 aromatic heterocycles. The van der Waals surface area contributed by atoms with E-state index in [2.05, 4.69) is 4.98 Å². The van der Waals surface area contributed by atoms with Crippen LogP contribution in [0.1, 0.15) is 29.9 Å². The molecule has 0 N–H and O–H groups in total. The summed E-state index contributed by atoms with van der Waals surface area (Å²) in [4.78, 5) is 30.5. The summed E-state index contributed by atoms with van der Waals surface area (Å²) in [6.45, 7) is 3.57. The molecule has 0 aliphatic carbocycles. The Bertz CT molecular complexity index is 1050. The maximum atomic E-state index is 12.5. The number of rotatable bonds is 4. The largest absolute Gasteiger partial charge is 0.453 e. The molecule has 0 saturated carbocycles. The predicted molar refractivity (Wildman–Crippen MR) is 116 cm³/mol. The highest BCUT2D eigenvalue weighted by atomic mass is 35.5. The third-order valence-corrected chi connectivity index (χ3v) is 6.44. The molecule has 0 atom stereocenters. The lowest BCUT2D eigenvalue weighted by molar-refractivity contribution is -0.117. The minimum absolute atomic E-state index is 0.0678. The summed E-state index contributed by atoms with van der Waals surface area (Å²) in [5.41, 5.74) is 2.26. The molecule has 29 heavy (non-hydrogen) atoms. The van der Waals surface area contributed by atoms with E-state index in [1.807, 2.05) is 50.1 Å². The van der Waals surface area contributed by atoms with E-state index in [1.54, 1.807) is 0 Å². The summed E-state index contributed by atoms with van der Waals surface area (Å²) in [7, 11) is 1.89. The fourth-order valence-electron chi connectivity index (χ4n) is 3.28. The number of fused-ring (bicyclic) bond motifs is 1. The lowest BCUT2D eigenvalue weighted by atomic mass is 9.83. The molecular formula is C20H16Cl4N2O3. The Morgan fingerprint density at radius 2 is 1.76 bits per heavy atom. The number of carbonyl (C=O) groups excluding carboxylic acids is 2. The number of ketones is 1. The average molecular weight is 474 g/mol. The number of esters is 1. The van der Waals surface area contributed by atoms with Crippen LogP contribution < -0.4 is 4.90 Å². The number of allylic oxidation sites excluding steroid dienone is 1. The van der Waals surface area contributed by atoms with Crippen LogP contribution >= 0.6 is 46.4 Å². The van der Waals surface area contributed by atoms with Crippen LogP contribution in [0.15, 0.2) is 36.0 Å². The molecule has 9 heteroatoms. The van der Waals surface area contributed by atoms with E-state index in [0.717, 1.165) is 16.9 Å². The standard InChI is InChI=1S/C20H16Cl4N2O3/c1-20(2)11-6-4-5-7-12(11)26(3)13(20)8-10(27)9-29-19(28)17-15(22)14(21)16(23)18(24)25-17/h4-8H,9H2,1-3H3. The zero-order valence-electron chi connectivity index (χ0n) is 15.7. The fraction of sp³-hybridized carbons (Fsp3) is 0.250. The monoisotopic (exact) mass is 472 g/mol. The number of anilines is 1. The highest BCUT2D eigenvalue weighted by Gasteiger charge is 2.38. The van der Waals surface area contributed by atoms with Gasteiger partial charge in [0.1, 0.15) is 5.15 Å². The molecule has 0 saturated heterocycles. The number of aromatic nitrogens is 1. The lowest BCUT2D eigenvalue weighted by Gasteiger charge is -2.23. The Kier molecular flexibility index (Phi) is 6.16. The quantitative estimate of drug-likeness (QED) is 0.322. The van der Waals surface area contributed by atoms with Crippen LogP contribution in [-0.2, 0) is 14.9 Å². The zero-order valence-corrected chi connectivity index (χ0v) is 18.7. The number of ether oxygens (including phenoxy) is 1. The third-order valence-electron chi connectivity index (χ3n) is 4.76. The molecule has 0 unspecified atom stereocenters. The van der Waals surface area contributed by atoms with Crippen LogP contribution in [0.5, 0.6) is 0 Å². The number of halogens is 4. The van der Waals surface area contributed by atoms with Gasteiger partial charge in [0.05, 0.1) is 15.1 Å². The Morgan fingerprint density at radius 3 is 2.41 bits per heavy atom. The van der Waals surface area contributed by atoms with E-state index in [-0.39, 0.29) is 37.1 Å². The Balaban J connectivity index is 1.77. The summed E-state index contributed by atoms with van der Waals surface area (Å²) in [5.74, 6) is -1.31. The van der Waals surface area contributed by atoms with Crippen molar-refractivity contribution < 1.29 is 14.3 Å². The number of likely N-dealkylation sites (N-methyl/N-ethyl adjacent to an activating group) is 1. The summed E-state index contributed by atoms with van der Waals surface area (Å²) in [6, 6.07) is 7.92. The van der Waals surface area contributed by atoms with Crippen molar-refractivity contribution >= 4 is 63.8 Å². The number of hydrogen-bond donors (Lipinski definition) is 0. The molecule has 1 aliphatic rings. The van der Waals surface area contributed by atoms with E-state index in [4.69, 9.17) is 51.1 Å². The summed E-state index contributed by atoms with van der Waals surface area (Å²) in [6.07, 6.45) is 1.48. The first-order valence-electron chi connectivity index (χ1n) is 8.51. The SMILES string of the molecule is CN1C(=CC(=O)COC(=O)c2nc(Cl)c(Cl)c(Cl)c2Cl)C(C)(C)c2ccccc21. The molecule has 0 spiro atoms. The van der Waals surface area contributed by atoms with Gasteiger partial charge in [-0.2, -0.15) is 0 Å². The van der Waals surface area contributed by atoms with Gasteiger partial charge in [-0.25, -0.2) is 9.78 Å². The first-order chi connectivity index (χ1) is 13.6. The maximum Gasteiger partial charge on any atom is 0.359 e. The van der Waals surface area contributed by atoms with E-state index in [1.165, 1.54) is 6.08 Å². The Labute approximate surface area is 188 Å². The van der Waals surface area contributed by atoms with Crippen LogP contribution in [0.4, 0.5) is 5.69 Å². The summed E-state index contributed by atoms with van der Waals surface area (Å²) >= 11 is 23.6. The van der Waals surface area contributed by atoms with Crippen LogP contribution in [0, 0.1) is 0 Å². The minimum atomic E-state index is -0.926. The van der Waals surface area contributed by atoms with Gasteiger partial charge in [-0.1, -0.05) is 78.5 Å². The van der Waals surface area contributed by atoms with Crippen LogP contribution in [0.3, 0.4) is 0 Å². The highest BCUT2D eigenvalue weighted by molar-refractivity contribution is 6.52. The second-order valence-electron chi connectivity index (χ2n) is 6.97. The number of carbonyl (C=O) groups is 2. The van der Waals surface area contributed by atoms with Gasteiger partial charge in [0.25, 0.3) is 0 Å². The normalized spacial score (nSPS) is 16.1. The van der Waals surface area contributed by atoms with Crippen molar-refractivity contribution in [1.82, 2.24) is 4.98 Å². The molecule has 1 aliphatic heterocycles. The summed E-state index contributed by atoms with van der Waals surface area (Å²) in [5, 5.41) is -0.555. The van der Waals surface area contributed by atoms with Crippen molar-refractivity contribution in [3.05, 3.63) is 67.5 Å². The number of hydrogen-bond acceptors (Lipinski definition) is 5. The van der Waals surface area contributed by atoms with Gasteiger partial charge in [-0.05, 0) is 11.6 Å². The summed E-state index contributed by atoms with van der Waals surface area (Å²) < 4.78 is 5.05. The minimum Gasteiger partial charge on any atom is -0.453 e. The second-order valence-corrected chi connectivity index (χ2v) is 8.46. The van der Waals surface area contributed by atoms with Gasteiger partial charge in [-0.3, -0.25) is 4.79 Å². The zero-order chi connectivity index (χ0) is 21.5. The van der Waals surface area contributed by atoms with Crippen LogP contribution in [0.2, 0.25) is 20.2 Å². The molecule has 0 bridgehead atoms. The second kappa shape index (κ2) is 8.15.